The zero-order valence-corrected chi connectivity index (χ0v) is 20.1. The van der Waals surface area contributed by atoms with E-state index in [-0.39, 0.29) is 17.4 Å². The van der Waals surface area contributed by atoms with Gasteiger partial charge in [-0.2, -0.15) is 0 Å². The number of hydrogen-bond acceptors (Lipinski definition) is 6. The topological polar surface area (TPSA) is 97.0 Å². The van der Waals surface area contributed by atoms with Gasteiger partial charge in [-0.1, -0.05) is 19.8 Å². The van der Waals surface area contributed by atoms with E-state index in [1.807, 2.05) is 6.92 Å². The molecular weight excluding hydrogens is 486 g/mol. The average molecular weight is 514 g/mol. The standard InChI is InChI=1S/C21H28BrN3O5S/c1-3-5-6-11-30-18(26)13-16-20(28)23-9-10-25(16)21(31)24-19(27)14-7-8-17(29-4-2)15(22)12-14/h7-8,12,16H,3-6,9-11,13H2,1-2H3,(H,23,28)(H,24,27,31). The van der Waals surface area contributed by atoms with Gasteiger partial charge >= 0.3 is 5.97 Å². The first kappa shape index (κ1) is 25.1. The molecule has 0 saturated carbocycles. The number of nitrogens with one attached hydrogen (secondary N) is 2. The van der Waals surface area contributed by atoms with Crippen molar-refractivity contribution in [3.8, 4) is 5.75 Å². The van der Waals surface area contributed by atoms with E-state index >= 15 is 0 Å². The summed E-state index contributed by atoms with van der Waals surface area (Å²) in [6.45, 7) is 5.52. The Morgan fingerprint density at radius 1 is 1.32 bits per heavy atom. The van der Waals surface area contributed by atoms with Crippen molar-refractivity contribution in [2.75, 3.05) is 26.3 Å². The third-order valence-corrected chi connectivity index (χ3v) is 5.63. The van der Waals surface area contributed by atoms with Crippen molar-refractivity contribution in [1.82, 2.24) is 15.5 Å². The van der Waals surface area contributed by atoms with Gasteiger partial charge in [0.2, 0.25) is 5.91 Å². The lowest BCUT2D eigenvalue weighted by Gasteiger charge is -2.36. The molecule has 31 heavy (non-hydrogen) atoms. The molecule has 2 amide bonds. The summed E-state index contributed by atoms with van der Waals surface area (Å²) in [5, 5.41) is 5.47. The molecule has 10 heteroatoms. The average Bonchev–Trinajstić information content (AvgIpc) is 2.74. The summed E-state index contributed by atoms with van der Waals surface area (Å²) in [6, 6.07) is 4.13. The predicted octanol–water partition coefficient (Wildman–Crippen LogP) is 2.79. The van der Waals surface area contributed by atoms with Gasteiger partial charge in [0.15, 0.2) is 5.11 Å². The highest BCUT2D eigenvalue weighted by atomic mass is 79.9. The highest BCUT2D eigenvalue weighted by Gasteiger charge is 2.34. The molecule has 8 nitrogen and oxygen atoms in total. The lowest BCUT2D eigenvalue weighted by Crippen LogP contribution is -2.60. The molecule has 1 aromatic rings. The Morgan fingerprint density at radius 2 is 2.10 bits per heavy atom. The number of unbranched alkanes of at least 4 members (excludes halogenated alkanes) is 2. The van der Waals surface area contributed by atoms with E-state index in [4.69, 9.17) is 21.7 Å². The fourth-order valence-corrected chi connectivity index (χ4v) is 3.88. The number of carbonyl (C=O) groups excluding carboxylic acids is 3. The number of amides is 2. The van der Waals surface area contributed by atoms with E-state index in [0.717, 1.165) is 19.3 Å². The van der Waals surface area contributed by atoms with Gasteiger partial charge < -0.3 is 19.7 Å². The Morgan fingerprint density at radius 3 is 2.77 bits per heavy atom. The van der Waals surface area contributed by atoms with Gasteiger partial charge in [0.25, 0.3) is 5.91 Å². The van der Waals surface area contributed by atoms with E-state index in [0.29, 0.717) is 42.1 Å². The fourth-order valence-electron chi connectivity index (χ4n) is 3.07. The normalized spacial score (nSPS) is 15.8. The molecule has 0 radical (unpaired) electrons. The smallest absolute Gasteiger partial charge is 0.308 e. The number of carbonyl (C=O) groups is 3. The number of nitrogens with zero attached hydrogens (tertiary/aromatic N) is 1. The van der Waals surface area contributed by atoms with Gasteiger partial charge in [-0.15, -0.1) is 0 Å². The van der Waals surface area contributed by atoms with Crippen molar-refractivity contribution in [3.63, 3.8) is 0 Å². The number of halogens is 1. The first-order chi connectivity index (χ1) is 14.9. The second-order valence-corrected chi connectivity index (χ2v) is 8.21. The third kappa shape index (κ3) is 7.46. The Kier molecular flexibility index (Phi) is 10.2. The monoisotopic (exact) mass is 513 g/mol. The minimum atomic E-state index is -0.827. The van der Waals surface area contributed by atoms with Crippen LogP contribution in [0.4, 0.5) is 0 Å². The van der Waals surface area contributed by atoms with Gasteiger partial charge in [0.1, 0.15) is 11.8 Å². The molecule has 2 rings (SSSR count). The SMILES string of the molecule is CCCCCOC(=O)CC1C(=O)NCCN1C(=S)NC(=O)c1ccc(OCC)c(Br)c1. The van der Waals surface area contributed by atoms with Crippen molar-refractivity contribution in [1.29, 1.82) is 0 Å². The van der Waals surface area contributed by atoms with E-state index in [1.165, 1.54) is 0 Å². The maximum Gasteiger partial charge on any atom is 0.308 e. The number of hydrogen-bond donors (Lipinski definition) is 2. The Balaban J connectivity index is 2.00. The van der Waals surface area contributed by atoms with Crippen molar-refractivity contribution >= 4 is 51.0 Å². The molecule has 1 saturated heterocycles. The summed E-state index contributed by atoms with van der Waals surface area (Å²) in [5.41, 5.74) is 0.381. The summed E-state index contributed by atoms with van der Waals surface area (Å²) in [5.74, 6) is -0.572. The summed E-state index contributed by atoms with van der Waals surface area (Å²) < 4.78 is 11.3. The second kappa shape index (κ2) is 12.6. The van der Waals surface area contributed by atoms with E-state index in [2.05, 4.69) is 33.5 Å². The third-order valence-electron chi connectivity index (χ3n) is 4.68. The summed E-state index contributed by atoms with van der Waals surface area (Å²) in [4.78, 5) is 38.8. The Labute approximate surface area is 196 Å². The largest absolute Gasteiger partial charge is 0.493 e. The molecule has 0 spiro atoms. The van der Waals surface area contributed by atoms with Gasteiger partial charge in [0.05, 0.1) is 24.1 Å². The van der Waals surface area contributed by atoms with Gasteiger partial charge in [-0.25, -0.2) is 0 Å². The van der Waals surface area contributed by atoms with E-state index in [9.17, 15) is 14.4 Å². The highest BCUT2D eigenvalue weighted by Crippen LogP contribution is 2.26. The number of ether oxygens (including phenoxy) is 2. The molecule has 1 heterocycles. The van der Waals surface area contributed by atoms with Crippen LogP contribution in [0.5, 0.6) is 5.75 Å². The molecule has 170 valence electrons. The number of piperazine rings is 1. The molecule has 1 aliphatic rings. The quantitative estimate of drug-likeness (QED) is 0.297. The zero-order chi connectivity index (χ0) is 22.8. The lowest BCUT2D eigenvalue weighted by atomic mass is 10.1. The molecule has 0 aliphatic carbocycles. The second-order valence-electron chi connectivity index (χ2n) is 6.97. The minimum Gasteiger partial charge on any atom is -0.493 e. The van der Waals surface area contributed by atoms with Crippen LogP contribution in [0.1, 0.15) is 49.9 Å². The molecule has 1 fully saturated rings. The van der Waals surface area contributed by atoms with Crippen LogP contribution in [0.15, 0.2) is 22.7 Å². The van der Waals surface area contributed by atoms with Crippen molar-refractivity contribution in [2.24, 2.45) is 0 Å². The molecule has 0 aromatic heterocycles. The van der Waals surface area contributed by atoms with Crippen LogP contribution in [0.25, 0.3) is 0 Å². The molecular formula is C21H28BrN3O5S. The maximum atomic E-state index is 12.7. The van der Waals surface area contributed by atoms with Crippen molar-refractivity contribution in [3.05, 3.63) is 28.2 Å². The number of thiocarbonyl (C=S) groups is 1. The van der Waals surface area contributed by atoms with Crippen molar-refractivity contribution < 1.29 is 23.9 Å². The summed E-state index contributed by atoms with van der Waals surface area (Å²) >= 11 is 8.76. The first-order valence-electron chi connectivity index (χ1n) is 10.3. The van der Waals surface area contributed by atoms with Gasteiger partial charge in [0, 0.05) is 18.7 Å². The van der Waals surface area contributed by atoms with Crippen LogP contribution in [-0.2, 0) is 14.3 Å². The Bertz CT molecular complexity index is 820. The minimum absolute atomic E-state index is 0.0913. The number of benzene rings is 1. The molecule has 1 aromatic carbocycles. The first-order valence-corrected chi connectivity index (χ1v) is 11.5. The number of rotatable bonds is 9. The van der Waals surface area contributed by atoms with Gasteiger partial charge in [-0.3, -0.25) is 19.7 Å². The van der Waals surface area contributed by atoms with Gasteiger partial charge in [-0.05, 0) is 59.7 Å². The van der Waals surface area contributed by atoms with E-state index in [1.54, 1.807) is 23.1 Å². The summed E-state index contributed by atoms with van der Waals surface area (Å²) in [6.07, 6.45) is 2.65. The maximum absolute atomic E-state index is 12.7. The lowest BCUT2D eigenvalue weighted by molar-refractivity contribution is -0.147. The molecule has 2 N–H and O–H groups in total. The molecule has 0 bridgehead atoms. The Hall–Kier alpha value is -2.20. The van der Waals surface area contributed by atoms with Crippen LogP contribution in [0.3, 0.4) is 0 Å². The predicted molar refractivity (Wildman–Crippen MR) is 124 cm³/mol. The van der Waals surface area contributed by atoms with Crippen molar-refractivity contribution in [2.45, 2.75) is 45.6 Å². The van der Waals surface area contributed by atoms with E-state index < -0.39 is 17.9 Å². The van der Waals surface area contributed by atoms with Crippen LogP contribution >= 0.6 is 28.1 Å². The number of esters is 1. The molecule has 1 unspecified atom stereocenters. The highest BCUT2D eigenvalue weighted by molar-refractivity contribution is 9.10. The summed E-state index contributed by atoms with van der Waals surface area (Å²) in [7, 11) is 0. The van der Waals surface area contributed by atoms with Crippen LogP contribution < -0.4 is 15.4 Å². The van der Waals surface area contributed by atoms with Crippen LogP contribution in [0.2, 0.25) is 0 Å². The molecule has 1 aliphatic heterocycles. The fraction of sp³-hybridized carbons (Fsp3) is 0.524. The van der Waals surface area contributed by atoms with Crippen LogP contribution in [0, 0.1) is 0 Å². The zero-order valence-electron chi connectivity index (χ0n) is 17.7. The van der Waals surface area contributed by atoms with Crippen LogP contribution in [-0.4, -0.2) is 60.1 Å². The molecule has 1 atom stereocenters.